The van der Waals surface area contributed by atoms with Crippen molar-refractivity contribution in [2.75, 3.05) is 32.7 Å². The predicted molar refractivity (Wildman–Crippen MR) is 132 cm³/mol. The molecular weight excluding hydrogens is 457 g/mol. The van der Waals surface area contributed by atoms with Gasteiger partial charge >= 0.3 is 0 Å². The maximum Gasteiger partial charge on any atom is 0.257 e. The molecule has 4 rings (SSSR count). The smallest absolute Gasteiger partial charge is 0.257 e. The molecule has 2 heterocycles. The summed E-state index contributed by atoms with van der Waals surface area (Å²) in [7, 11) is 0. The molecule has 1 aliphatic rings. The van der Waals surface area contributed by atoms with Gasteiger partial charge < -0.3 is 9.64 Å². The number of piperazine rings is 1. The van der Waals surface area contributed by atoms with Crippen molar-refractivity contribution in [2.45, 2.75) is 19.6 Å². The third kappa shape index (κ3) is 6.33. The van der Waals surface area contributed by atoms with Crippen LogP contribution in [0, 0.1) is 6.92 Å². The van der Waals surface area contributed by atoms with Crippen LogP contribution in [0.5, 0.6) is 0 Å². The standard InChI is InChI=1S/C26H27Cl2N3O2/c1-19-4-2-5-20(16-19)18-33-24(21-7-9-22(27)10-8-21)17-30-12-14-31(15-13-30)26(32)23-6-3-11-29-25(23)28/h2-11,16,24H,12-15,17-18H2,1H3/t24-/m0/s1. The van der Waals surface area contributed by atoms with E-state index >= 15 is 0 Å². The van der Waals surface area contributed by atoms with E-state index in [9.17, 15) is 4.79 Å². The van der Waals surface area contributed by atoms with E-state index in [0.29, 0.717) is 30.3 Å². The molecule has 33 heavy (non-hydrogen) atoms. The zero-order valence-electron chi connectivity index (χ0n) is 18.6. The van der Waals surface area contributed by atoms with Crippen molar-refractivity contribution >= 4 is 29.1 Å². The Kier molecular flexibility index (Phi) is 7.99. The van der Waals surface area contributed by atoms with Gasteiger partial charge in [-0.2, -0.15) is 0 Å². The Morgan fingerprint density at radius 3 is 2.48 bits per heavy atom. The van der Waals surface area contributed by atoms with E-state index in [1.807, 2.05) is 29.2 Å². The van der Waals surface area contributed by atoms with Gasteiger partial charge in [0, 0.05) is 43.9 Å². The van der Waals surface area contributed by atoms with Gasteiger partial charge in [-0.15, -0.1) is 0 Å². The van der Waals surface area contributed by atoms with Crippen LogP contribution in [-0.2, 0) is 11.3 Å². The summed E-state index contributed by atoms with van der Waals surface area (Å²) < 4.78 is 6.38. The Hall–Kier alpha value is -2.44. The van der Waals surface area contributed by atoms with Gasteiger partial charge in [0.2, 0.25) is 0 Å². The lowest BCUT2D eigenvalue weighted by Crippen LogP contribution is -2.49. The number of halogens is 2. The molecule has 0 N–H and O–H groups in total. The minimum Gasteiger partial charge on any atom is -0.368 e. The molecule has 1 saturated heterocycles. The molecule has 7 heteroatoms. The van der Waals surface area contributed by atoms with Crippen molar-refractivity contribution in [1.82, 2.24) is 14.8 Å². The first-order valence-electron chi connectivity index (χ1n) is 11.0. The second-order valence-corrected chi connectivity index (χ2v) is 9.07. The van der Waals surface area contributed by atoms with Crippen LogP contribution in [0.3, 0.4) is 0 Å². The molecule has 1 fully saturated rings. The van der Waals surface area contributed by atoms with Crippen molar-refractivity contribution in [3.05, 3.63) is 99.3 Å². The fourth-order valence-corrected chi connectivity index (χ4v) is 4.34. The summed E-state index contributed by atoms with van der Waals surface area (Å²) in [5.41, 5.74) is 3.91. The Labute approximate surface area is 204 Å². The van der Waals surface area contributed by atoms with Gasteiger partial charge in [-0.05, 0) is 42.3 Å². The SMILES string of the molecule is Cc1cccc(CO[C@@H](CN2CCN(C(=O)c3cccnc3Cl)CC2)c2ccc(Cl)cc2)c1. The van der Waals surface area contributed by atoms with Crippen molar-refractivity contribution in [2.24, 2.45) is 0 Å². The van der Waals surface area contributed by atoms with E-state index in [0.717, 1.165) is 30.8 Å². The van der Waals surface area contributed by atoms with Crippen molar-refractivity contribution in [3.63, 3.8) is 0 Å². The summed E-state index contributed by atoms with van der Waals surface area (Å²) in [5, 5.41) is 0.953. The van der Waals surface area contributed by atoms with Gasteiger partial charge in [0.1, 0.15) is 5.15 Å². The molecule has 2 aromatic carbocycles. The summed E-state index contributed by atoms with van der Waals surface area (Å²) in [6.45, 7) is 6.16. The minimum atomic E-state index is -0.0993. The van der Waals surface area contributed by atoms with E-state index in [4.69, 9.17) is 27.9 Å². The van der Waals surface area contributed by atoms with Crippen molar-refractivity contribution < 1.29 is 9.53 Å². The fraction of sp³-hybridized carbons (Fsp3) is 0.308. The van der Waals surface area contributed by atoms with Crippen LogP contribution in [-0.4, -0.2) is 53.4 Å². The number of pyridine rings is 1. The van der Waals surface area contributed by atoms with Crippen LogP contribution in [0.25, 0.3) is 0 Å². The first kappa shape index (κ1) is 23.7. The number of carbonyl (C=O) groups excluding carboxylic acids is 1. The highest BCUT2D eigenvalue weighted by Gasteiger charge is 2.26. The molecule has 0 bridgehead atoms. The first-order chi connectivity index (χ1) is 16.0. The average molecular weight is 484 g/mol. The summed E-state index contributed by atoms with van der Waals surface area (Å²) in [6, 6.07) is 19.7. The molecule has 0 radical (unpaired) electrons. The lowest BCUT2D eigenvalue weighted by molar-refractivity contribution is 0.00341. The molecular formula is C26H27Cl2N3O2. The fourth-order valence-electron chi connectivity index (χ4n) is 4.01. The molecule has 0 unspecified atom stereocenters. The number of nitrogens with zero attached hydrogens (tertiary/aromatic N) is 3. The molecule has 0 spiro atoms. The molecule has 5 nitrogen and oxygen atoms in total. The maximum atomic E-state index is 12.8. The normalized spacial score (nSPS) is 15.4. The van der Waals surface area contributed by atoms with Gasteiger partial charge in [-0.3, -0.25) is 9.69 Å². The van der Waals surface area contributed by atoms with Gasteiger partial charge in [0.15, 0.2) is 0 Å². The van der Waals surface area contributed by atoms with E-state index in [2.05, 4.69) is 41.1 Å². The third-order valence-corrected chi connectivity index (χ3v) is 6.40. The molecule has 1 aromatic heterocycles. The van der Waals surface area contributed by atoms with E-state index in [1.54, 1.807) is 18.3 Å². The summed E-state index contributed by atoms with van der Waals surface area (Å²) in [4.78, 5) is 21.0. The number of amides is 1. The third-order valence-electron chi connectivity index (χ3n) is 5.85. The lowest BCUT2D eigenvalue weighted by atomic mass is 10.1. The Balaban J connectivity index is 1.39. The Morgan fingerprint density at radius 2 is 1.79 bits per heavy atom. The van der Waals surface area contributed by atoms with E-state index < -0.39 is 0 Å². The topological polar surface area (TPSA) is 45.7 Å². The van der Waals surface area contributed by atoms with Crippen molar-refractivity contribution in [3.8, 4) is 0 Å². The Morgan fingerprint density at radius 1 is 1.03 bits per heavy atom. The molecule has 3 aromatic rings. The molecule has 0 aliphatic carbocycles. The van der Waals surface area contributed by atoms with Crippen LogP contribution in [0.4, 0.5) is 0 Å². The van der Waals surface area contributed by atoms with Gasteiger partial charge in [-0.1, -0.05) is 65.2 Å². The van der Waals surface area contributed by atoms with Crippen LogP contribution < -0.4 is 0 Å². The first-order valence-corrected chi connectivity index (χ1v) is 11.8. The molecule has 1 aliphatic heterocycles. The van der Waals surface area contributed by atoms with E-state index in [1.165, 1.54) is 5.56 Å². The second kappa shape index (κ2) is 11.1. The molecule has 172 valence electrons. The predicted octanol–water partition coefficient (Wildman–Crippen LogP) is 5.41. The second-order valence-electron chi connectivity index (χ2n) is 8.27. The minimum absolute atomic E-state index is 0.0716. The summed E-state index contributed by atoms with van der Waals surface area (Å²) in [6.07, 6.45) is 1.49. The number of aromatic nitrogens is 1. The summed E-state index contributed by atoms with van der Waals surface area (Å²) in [5.74, 6) is -0.0716. The highest BCUT2D eigenvalue weighted by atomic mass is 35.5. The largest absolute Gasteiger partial charge is 0.368 e. The van der Waals surface area contributed by atoms with Crippen molar-refractivity contribution in [1.29, 1.82) is 0 Å². The number of benzene rings is 2. The highest BCUT2D eigenvalue weighted by Crippen LogP contribution is 2.24. The van der Waals surface area contributed by atoms with E-state index in [-0.39, 0.29) is 17.2 Å². The van der Waals surface area contributed by atoms with Gasteiger partial charge in [0.25, 0.3) is 5.91 Å². The monoisotopic (exact) mass is 483 g/mol. The number of rotatable bonds is 7. The zero-order chi connectivity index (χ0) is 23.2. The molecule has 0 saturated carbocycles. The zero-order valence-corrected chi connectivity index (χ0v) is 20.1. The van der Waals surface area contributed by atoms with Gasteiger partial charge in [0.05, 0.1) is 18.3 Å². The quantitative estimate of drug-likeness (QED) is 0.421. The average Bonchev–Trinajstić information content (AvgIpc) is 2.83. The molecule has 1 atom stereocenters. The Bertz CT molecular complexity index is 1080. The number of ether oxygens (including phenoxy) is 1. The number of hydrogen-bond donors (Lipinski definition) is 0. The van der Waals surface area contributed by atoms with Crippen LogP contribution in [0.2, 0.25) is 10.2 Å². The summed E-state index contributed by atoms with van der Waals surface area (Å²) >= 11 is 12.2. The van der Waals surface area contributed by atoms with Crippen LogP contribution in [0.15, 0.2) is 66.9 Å². The number of carbonyl (C=O) groups is 1. The lowest BCUT2D eigenvalue weighted by Gasteiger charge is -2.36. The number of hydrogen-bond acceptors (Lipinski definition) is 4. The van der Waals surface area contributed by atoms with Gasteiger partial charge in [-0.25, -0.2) is 4.98 Å². The van der Waals surface area contributed by atoms with Crippen LogP contribution >= 0.6 is 23.2 Å². The number of aryl methyl sites for hydroxylation is 1. The van der Waals surface area contributed by atoms with Crippen LogP contribution in [0.1, 0.15) is 33.2 Å². The molecule has 1 amide bonds. The maximum absolute atomic E-state index is 12.8. The highest BCUT2D eigenvalue weighted by molar-refractivity contribution is 6.32.